The van der Waals surface area contributed by atoms with E-state index in [2.05, 4.69) is 5.32 Å². The van der Waals surface area contributed by atoms with Crippen molar-refractivity contribution >= 4 is 34.4 Å². The maximum atomic E-state index is 13.4. The summed E-state index contributed by atoms with van der Waals surface area (Å²) in [6.45, 7) is 4.59. The molecule has 0 fully saturated rings. The molecule has 196 valence electrons. The number of para-hydroxylation sites is 1. The van der Waals surface area contributed by atoms with Gasteiger partial charge in [0.1, 0.15) is 6.61 Å². The van der Waals surface area contributed by atoms with Gasteiger partial charge in [-0.05, 0) is 36.9 Å². The maximum absolute atomic E-state index is 13.4. The van der Waals surface area contributed by atoms with E-state index in [0.29, 0.717) is 42.0 Å². The predicted molar refractivity (Wildman–Crippen MR) is 149 cm³/mol. The average Bonchev–Trinajstić information content (AvgIpc) is 2.95. The third kappa shape index (κ3) is 4.81. The fraction of sp³-hybridized carbons (Fsp3) is 0.276. The van der Waals surface area contributed by atoms with Crippen LogP contribution in [0, 0.1) is 0 Å². The molecule has 2 atom stereocenters. The summed E-state index contributed by atoms with van der Waals surface area (Å²) < 4.78 is 12.1. The normalized spacial score (nSPS) is 18.2. The molecular weight excluding hydrogens is 500 g/mol. The quantitative estimate of drug-likeness (QED) is 0.451. The minimum Gasteiger partial charge on any atom is -0.490 e. The molecule has 0 spiro atoms. The Morgan fingerprint density at radius 3 is 2.50 bits per heavy atom. The van der Waals surface area contributed by atoms with E-state index in [-0.39, 0.29) is 11.8 Å². The second-order valence-electron chi connectivity index (χ2n) is 8.84. The first-order valence-electron chi connectivity index (χ1n) is 12.6. The molecular formula is C29H30N4O4S. The molecule has 0 unspecified atom stereocenters. The number of carbonyl (C=O) groups is 2. The number of rotatable bonds is 7. The Labute approximate surface area is 226 Å². The van der Waals surface area contributed by atoms with Gasteiger partial charge in [-0.2, -0.15) is 0 Å². The maximum Gasteiger partial charge on any atom is 0.255 e. The zero-order chi connectivity index (χ0) is 26.6. The van der Waals surface area contributed by atoms with E-state index in [4.69, 9.17) is 14.6 Å². The highest BCUT2D eigenvalue weighted by atomic mass is 32.2. The van der Waals surface area contributed by atoms with Gasteiger partial charge in [-0.15, -0.1) is 5.10 Å². The van der Waals surface area contributed by atoms with Crippen LogP contribution in [0.3, 0.4) is 0 Å². The standard InChI is InChI=1S/C29H30N4O4S/c1-4-25(34)32-22-14-10-9-13-21(22)26-27(35)30-29(38-3)31-33(26)28(32)20-15-16-23(24(17-20)36-5-2)37-18-19-11-7-6-8-12-19/h6-17,26,28H,4-5,18H2,1-3H3,(H,30,31,35)/t26-,28-/m1/s1. The molecule has 8 nitrogen and oxygen atoms in total. The fourth-order valence-electron chi connectivity index (χ4n) is 4.79. The van der Waals surface area contributed by atoms with Gasteiger partial charge in [0.05, 0.1) is 12.3 Å². The van der Waals surface area contributed by atoms with Crippen molar-refractivity contribution < 1.29 is 19.1 Å². The van der Waals surface area contributed by atoms with Gasteiger partial charge < -0.3 is 14.8 Å². The summed E-state index contributed by atoms with van der Waals surface area (Å²) in [6, 6.07) is 22.4. The lowest BCUT2D eigenvalue weighted by molar-refractivity contribution is -0.130. The van der Waals surface area contributed by atoms with E-state index in [1.165, 1.54) is 11.8 Å². The molecule has 3 aromatic rings. The summed E-state index contributed by atoms with van der Waals surface area (Å²) in [5.41, 5.74) is 3.25. The van der Waals surface area contributed by atoms with E-state index in [0.717, 1.165) is 16.7 Å². The third-order valence-corrected chi connectivity index (χ3v) is 7.07. The SMILES string of the molecule is CCOc1cc([C@@H]2N(C(=O)CC)c3ccccc3[C@@H]3C(=O)NC(SC)=NN23)ccc1OCc1ccccc1. The van der Waals surface area contributed by atoms with Crippen molar-refractivity contribution in [3.05, 3.63) is 89.5 Å². The number of fused-ring (bicyclic) bond motifs is 3. The van der Waals surface area contributed by atoms with Crippen molar-refractivity contribution in [3.63, 3.8) is 0 Å². The average molecular weight is 531 g/mol. The largest absolute Gasteiger partial charge is 0.490 e. The molecule has 9 heteroatoms. The molecule has 38 heavy (non-hydrogen) atoms. The molecule has 0 radical (unpaired) electrons. The topological polar surface area (TPSA) is 83.5 Å². The van der Waals surface area contributed by atoms with Crippen molar-refractivity contribution in [2.24, 2.45) is 5.10 Å². The van der Waals surface area contributed by atoms with Crippen molar-refractivity contribution in [1.82, 2.24) is 10.3 Å². The van der Waals surface area contributed by atoms with Crippen LogP contribution in [0.5, 0.6) is 11.5 Å². The third-order valence-electron chi connectivity index (χ3n) is 6.50. The van der Waals surface area contributed by atoms with Gasteiger partial charge in [0.15, 0.2) is 28.9 Å². The summed E-state index contributed by atoms with van der Waals surface area (Å²) in [4.78, 5) is 28.5. The zero-order valence-electron chi connectivity index (χ0n) is 21.6. The molecule has 3 aromatic carbocycles. The molecule has 5 rings (SSSR count). The molecule has 0 aliphatic carbocycles. The van der Waals surface area contributed by atoms with Crippen LogP contribution >= 0.6 is 11.8 Å². The molecule has 0 bridgehead atoms. The van der Waals surface area contributed by atoms with Crippen LogP contribution in [-0.4, -0.2) is 34.9 Å². The predicted octanol–water partition coefficient (Wildman–Crippen LogP) is 5.23. The minimum absolute atomic E-state index is 0.0739. The number of carbonyl (C=O) groups excluding carboxylic acids is 2. The van der Waals surface area contributed by atoms with E-state index in [9.17, 15) is 9.59 Å². The van der Waals surface area contributed by atoms with E-state index in [1.54, 1.807) is 9.91 Å². The van der Waals surface area contributed by atoms with Gasteiger partial charge in [-0.3, -0.25) is 19.5 Å². The van der Waals surface area contributed by atoms with Gasteiger partial charge in [0.2, 0.25) is 5.91 Å². The van der Waals surface area contributed by atoms with Gasteiger partial charge in [-0.1, -0.05) is 73.3 Å². The number of amidine groups is 1. The first-order chi connectivity index (χ1) is 18.5. The number of nitrogens with zero attached hydrogens (tertiary/aromatic N) is 3. The number of anilines is 1. The molecule has 2 amide bonds. The number of hydrazone groups is 1. The lowest BCUT2D eigenvalue weighted by Gasteiger charge is -2.48. The van der Waals surface area contributed by atoms with Gasteiger partial charge in [-0.25, -0.2) is 0 Å². The molecule has 0 aromatic heterocycles. The van der Waals surface area contributed by atoms with E-state index >= 15 is 0 Å². The number of ether oxygens (including phenoxy) is 2. The second-order valence-corrected chi connectivity index (χ2v) is 9.64. The van der Waals surface area contributed by atoms with E-state index < -0.39 is 12.2 Å². The molecule has 2 aliphatic heterocycles. The Bertz CT molecular complexity index is 1360. The molecule has 1 N–H and O–H groups in total. The second kappa shape index (κ2) is 11.2. The van der Waals surface area contributed by atoms with E-state index in [1.807, 2.05) is 92.9 Å². The van der Waals surface area contributed by atoms with Crippen LogP contribution in [0.25, 0.3) is 0 Å². The van der Waals surface area contributed by atoms with Gasteiger partial charge in [0, 0.05) is 17.5 Å². The van der Waals surface area contributed by atoms with Crippen molar-refractivity contribution in [1.29, 1.82) is 0 Å². The smallest absolute Gasteiger partial charge is 0.255 e. The van der Waals surface area contributed by atoms with Crippen molar-refractivity contribution in [3.8, 4) is 11.5 Å². The van der Waals surface area contributed by atoms with Crippen LogP contribution in [0.15, 0.2) is 77.9 Å². The van der Waals surface area contributed by atoms with Crippen LogP contribution in [0.4, 0.5) is 5.69 Å². The Morgan fingerprint density at radius 1 is 1.00 bits per heavy atom. The van der Waals surface area contributed by atoms with Crippen molar-refractivity contribution in [2.75, 3.05) is 17.8 Å². The van der Waals surface area contributed by atoms with Crippen LogP contribution in [0.1, 0.15) is 49.2 Å². The fourth-order valence-corrected chi connectivity index (χ4v) is 5.17. The van der Waals surface area contributed by atoms with Crippen LogP contribution < -0.4 is 19.7 Å². The number of thioether (sulfide) groups is 1. The minimum atomic E-state index is -0.683. The lowest BCUT2D eigenvalue weighted by atomic mass is 9.95. The number of hydrogen-bond acceptors (Lipinski definition) is 7. The Morgan fingerprint density at radius 2 is 1.76 bits per heavy atom. The number of hydrogen-bond donors (Lipinski definition) is 1. The first kappa shape index (κ1) is 25.7. The number of amides is 2. The highest BCUT2D eigenvalue weighted by molar-refractivity contribution is 8.13. The summed E-state index contributed by atoms with van der Waals surface area (Å²) in [5.74, 6) is 0.912. The highest BCUT2D eigenvalue weighted by Gasteiger charge is 2.47. The summed E-state index contributed by atoms with van der Waals surface area (Å²) >= 11 is 1.35. The molecule has 2 heterocycles. The highest BCUT2D eigenvalue weighted by Crippen LogP contribution is 2.48. The number of benzene rings is 3. The van der Waals surface area contributed by atoms with Gasteiger partial charge in [0.25, 0.3) is 5.91 Å². The van der Waals surface area contributed by atoms with Crippen molar-refractivity contribution in [2.45, 2.75) is 39.1 Å². The first-order valence-corrected chi connectivity index (χ1v) is 13.8. The van der Waals surface area contributed by atoms with Crippen LogP contribution in [-0.2, 0) is 16.2 Å². The summed E-state index contributed by atoms with van der Waals surface area (Å²) in [5, 5.41) is 9.89. The summed E-state index contributed by atoms with van der Waals surface area (Å²) in [6.07, 6.45) is 1.50. The lowest BCUT2D eigenvalue weighted by Crippen LogP contribution is -2.55. The zero-order valence-corrected chi connectivity index (χ0v) is 22.4. The molecule has 0 saturated heterocycles. The Kier molecular flexibility index (Phi) is 7.55. The Balaban J connectivity index is 1.61. The van der Waals surface area contributed by atoms with Crippen LogP contribution in [0.2, 0.25) is 0 Å². The Hall–Kier alpha value is -3.98. The molecule has 0 saturated carbocycles. The monoisotopic (exact) mass is 530 g/mol. The number of nitrogens with one attached hydrogen (secondary N) is 1. The van der Waals surface area contributed by atoms with Gasteiger partial charge >= 0.3 is 0 Å². The molecule has 2 aliphatic rings. The summed E-state index contributed by atoms with van der Waals surface area (Å²) in [7, 11) is 0.